The summed E-state index contributed by atoms with van der Waals surface area (Å²) in [6, 6.07) is 0. The summed E-state index contributed by atoms with van der Waals surface area (Å²) < 4.78 is 0. The van der Waals surface area contributed by atoms with Crippen molar-refractivity contribution in [2.75, 3.05) is 0 Å². The highest BCUT2D eigenvalue weighted by molar-refractivity contribution is 6.51. The zero-order valence-corrected chi connectivity index (χ0v) is 4.31. The van der Waals surface area contributed by atoms with Gasteiger partial charge in [0.25, 0.3) is 0 Å². The van der Waals surface area contributed by atoms with Crippen LogP contribution in [-0.4, -0.2) is 17.5 Å². The van der Waals surface area contributed by atoms with Crippen LogP contribution >= 0.6 is 0 Å². The van der Waals surface area contributed by atoms with E-state index in [1.165, 1.54) is 5.46 Å². The molecule has 0 radical (unpaired) electrons. The summed E-state index contributed by atoms with van der Waals surface area (Å²) in [5.41, 5.74) is 1.26. The average molecular weight is 93.9 g/mol. The predicted octanol–water partition coefficient (Wildman–Crippen LogP) is -0.480. The first kappa shape index (κ1) is 4.43. The lowest BCUT2D eigenvalue weighted by Gasteiger charge is -1.73. The Hall–Kier alpha value is -0.725. The molecule has 0 aliphatic carbocycles. The molecule has 0 amide bonds. The van der Waals surface area contributed by atoms with Gasteiger partial charge in [-0.05, 0) is 5.46 Å². The summed E-state index contributed by atoms with van der Waals surface area (Å²) in [7, 11) is 1.07. The van der Waals surface area contributed by atoms with Gasteiger partial charge >= 0.3 is 0 Å². The quantitative estimate of drug-likeness (QED) is 0.467. The molecule has 0 fully saturated rings. The van der Waals surface area contributed by atoms with Crippen molar-refractivity contribution >= 4 is 12.7 Å². The second-order valence-corrected chi connectivity index (χ2v) is 1.46. The minimum absolute atomic E-state index is 1.07. The molecule has 0 spiro atoms. The minimum atomic E-state index is 1.07. The molecule has 3 heteroatoms. The Morgan fingerprint density at radius 1 is 1.86 bits per heavy atom. The minimum Gasteiger partial charge on any atom is -0.286 e. The van der Waals surface area contributed by atoms with Crippen LogP contribution in [0, 0.1) is 0 Å². The summed E-state index contributed by atoms with van der Waals surface area (Å²) in [5.74, 6) is 0. The molecule has 2 nitrogen and oxygen atoms in total. The van der Waals surface area contributed by atoms with Crippen LogP contribution < -0.4 is 5.46 Å². The van der Waals surface area contributed by atoms with Gasteiger partial charge in [0.15, 0.2) is 7.28 Å². The Bertz CT molecular complexity index is 124. The first-order valence-electron chi connectivity index (χ1n) is 2.41. The van der Waals surface area contributed by atoms with Crippen molar-refractivity contribution in [2.24, 2.45) is 0 Å². The molecule has 0 aliphatic heterocycles. The van der Waals surface area contributed by atoms with E-state index in [0.717, 1.165) is 7.28 Å². The molecule has 0 aliphatic rings. The summed E-state index contributed by atoms with van der Waals surface area (Å²) in [5, 5.41) is 6.50. The maximum atomic E-state index is 3.77. The number of rotatable bonds is 1. The Morgan fingerprint density at radius 2 is 2.71 bits per heavy atom. The fourth-order valence-electron chi connectivity index (χ4n) is 0.471. The first-order valence-corrected chi connectivity index (χ1v) is 2.41. The highest BCUT2D eigenvalue weighted by Gasteiger charge is 1.85. The molecule has 0 unspecified atom stereocenters. The molecule has 0 atom stereocenters. The summed E-state index contributed by atoms with van der Waals surface area (Å²) in [6.45, 7) is 2.10. The molecule has 0 saturated carbocycles. The molecule has 0 saturated heterocycles. The van der Waals surface area contributed by atoms with Gasteiger partial charge in [-0.25, -0.2) is 0 Å². The van der Waals surface area contributed by atoms with Gasteiger partial charge in [0.1, 0.15) is 0 Å². The molecule has 0 aromatic carbocycles. The van der Waals surface area contributed by atoms with E-state index in [0.29, 0.717) is 0 Å². The van der Waals surface area contributed by atoms with Crippen molar-refractivity contribution in [1.82, 2.24) is 10.2 Å². The van der Waals surface area contributed by atoms with E-state index < -0.39 is 0 Å². The van der Waals surface area contributed by atoms with E-state index >= 15 is 0 Å². The van der Waals surface area contributed by atoms with E-state index in [1.54, 1.807) is 0 Å². The normalized spacial score (nSPS) is 8.71. The summed E-state index contributed by atoms with van der Waals surface area (Å²) in [6.07, 6.45) is 3.74. The van der Waals surface area contributed by atoms with Crippen LogP contribution in [0.15, 0.2) is 12.4 Å². The lowest BCUT2D eigenvalue weighted by molar-refractivity contribution is 1.09. The molecule has 7 heavy (non-hydrogen) atoms. The van der Waals surface area contributed by atoms with Crippen LogP contribution in [0.3, 0.4) is 0 Å². The Balaban J connectivity index is 2.76. The fourth-order valence-corrected chi connectivity index (χ4v) is 0.471. The van der Waals surface area contributed by atoms with Gasteiger partial charge in [0, 0.05) is 12.4 Å². The van der Waals surface area contributed by atoms with E-state index in [1.807, 2.05) is 12.4 Å². The smallest absolute Gasteiger partial charge is 0.158 e. The van der Waals surface area contributed by atoms with E-state index in [2.05, 4.69) is 17.0 Å². The van der Waals surface area contributed by atoms with Crippen LogP contribution in [0.25, 0.3) is 0 Å². The van der Waals surface area contributed by atoms with Crippen molar-refractivity contribution < 1.29 is 0 Å². The van der Waals surface area contributed by atoms with Crippen molar-refractivity contribution in [1.29, 1.82) is 0 Å². The van der Waals surface area contributed by atoms with Gasteiger partial charge in [-0.3, -0.25) is 5.10 Å². The third-order valence-corrected chi connectivity index (χ3v) is 0.963. The molecule has 1 aromatic heterocycles. The fraction of sp³-hybridized carbons (Fsp3) is 0.250. The lowest BCUT2D eigenvalue weighted by atomic mass is 9.76. The van der Waals surface area contributed by atoms with Crippen LogP contribution in [0.2, 0.25) is 6.82 Å². The average Bonchev–Trinajstić information content (AvgIpc) is 2.14. The SMILES string of the molecule is CBc1cn[nH]c1. The molecular formula is C4H7BN2. The highest BCUT2D eigenvalue weighted by atomic mass is 15.1. The van der Waals surface area contributed by atoms with Gasteiger partial charge in [-0.15, -0.1) is 0 Å². The number of aromatic amines is 1. The van der Waals surface area contributed by atoms with E-state index in [4.69, 9.17) is 0 Å². The lowest BCUT2D eigenvalue weighted by Crippen LogP contribution is -2.05. The first-order chi connectivity index (χ1) is 3.43. The van der Waals surface area contributed by atoms with Crippen LogP contribution in [0.4, 0.5) is 0 Å². The molecule has 1 heterocycles. The van der Waals surface area contributed by atoms with Crippen molar-refractivity contribution in [3.63, 3.8) is 0 Å². The number of hydrogen-bond acceptors (Lipinski definition) is 1. The van der Waals surface area contributed by atoms with Crippen LogP contribution in [-0.2, 0) is 0 Å². The third-order valence-electron chi connectivity index (χ3n) is 0.963. The van der Waals surface area contributed by atoms with Crippen molar-refractivity contribution in [3.05, 3.63) is 12.4 Å². The summed E-state index contributed by atoms with van der Waals surface area (Å²) in [4.78, 5) is 0. The molecule has 1 N–H and O–H groups in total. The molecule has 1 rings (SSSR count). The number of nitrogens with zero attached hydrogens (tertiary/aromatic N) is 1. The third kappa shape index (κ3) is 0.826. The Morgan fingerprint density at radius 3 is 3.00 bits per heavy atom. The number of hydrogen-bond donors (Lipinski definition) is 1. The monoisotopic (exact) mass is 94.1 g/mol. The maximum absolute atomic E-state index is 3.77. The van der Waals surface area contributed by atoms with E-state index in [-0.39, 0.29) is 0 Å². The van der Waals surface area contributed by atoms with Gasteiger partial charge in [-0.1, -0.05) is 6.82 Å². The number of aromatic nitrogens is 2. The Labute approximate surface area is 43.2 Å². The maximum Gasteiger partial charge on any atom is 0.158 e. The van der Waals surface area contributed by atoms with Gasteiger partial charge in [0.2, 0.25) is 0 Å². The van der Waals surface area contributed by atoms with Crippen LogP contribution in [0.5, 0.6) is 0 Å². The van der Waals surface area contributed by atoms with E-state index in [9.17, 15) is 0 Å². The topological polar surface area (TPSA) is 28.7 Å². The van der Waals surface area contributed by atoms with Gasteiger partial charge < -0.3 is 0 Å². The second-order valence-electron chi connectivity index (χ2n) is 1.46. The second kappa shape index (κ2) is 1.82. The largest absolute Gasteiger partial charge is 0.286 e. The van der Waals surface area contributed by atoms with Crippen molar-refractivity contribution in [2.45, 2.75) is 6.82 Å². The molecule has 36 valence electrons. The van der Waals surface area contributed by atoms with Crippen molar-refractivity contribution in [3.8, 4) is 0 Å². The summed E-state index contributed by atoms with van der Waals surface area (Å²) >= 11 is 0. The molecular weight excluding hydrogens is 86.9 g/mol. The number of nitrogens with one attached hydrogen (secondary N) is 1. The van der Waals surface area contributed by atoms with Gasteiger partial charge in [0.05, 0.1) is 0 Å². The zero-order valence-electron chi connectivity index (χ0n) is 4.31. The standard InChI is InChI=1S/C4H7BN2/c1-5-4-2-6-7-3-4/h2-3,5H,1H3,(H,6,7). The predicted molar refractivity (Wildman–Crippen MR) is 31.2 cm³/mol. The zero-order chi connectivity index (χ0) is 5.11. The van der Waals surface area contributed by atoms with Gasteiger partial charge in [-0.2, -0.15) is 5.10 Å². The number of H-pyrrole nitrogens is 1. The highest BCUT2D eigenvalue weighted by Crippen LogP contribution is 1.66. The molecule has 1 aromatic rings. The van der Waals surface area contributed by atoms with Crippen LogP contribution in [0.1, 0.15) is 0 Å². The Kier molecular flexibility index (Phi) is 1.15. The molecule has 0 bridgehead atoms.